The number of nitrogen functional groups attached to an aromatic ring is 1. The number of nitrogens with zero attached hydrogens (tertiary/aromatic N) is 3. The van der Waals surface area contributed by atoms with Crippen LogP contribution in [0.15, 0.2) is 11.1 Å². The van der Waals surface area contributed by atoms with E-state index in [4.69, 9.17) is 31.9 Å². The van der Waals surface area contributed by atoms with Gasteiger partial charge in [0, 0.05) is 0 Å². The molecule has 0 spiro atoms. The van der Waals surface area contributed by atoms with Crippen molar-refractivity contribution in [3.8, 4) is 0 Å². The molecule has 0 aromatic carbocycles. The third kappa shape index (κ3) is 4.98. The van der Waals surface area contributed by atoms with Crippen LogP contribution in [-0.4, -0.2) is 65.8 Å². The van der Waals surface area contributed by atoms with Gasteiger partial charge in [0.25, 0.3) is 5.56 Å². The normalized spacial score (nSPS) is 15.9. The van der Waals surface area contributed by atoms with Crippen LogP contribution in [0, 0.1) is 0 Å². The number of rotatable bonds is 9. The molecule has 2 heterocycles. The van der Waals surface area contributed by atoms with Gasteiger partial charge in [-0.05, 0) is 0 Å². The number of hydrogen-bond acceptors (Lipinski definition) is 8. The molecule has 0 amide bonds. The molecule has 0 aliphatic heterocycles. The number of aromatic amines is 1. The highest BCUT2D eigenvalue weighted by Crippen LogP contribution is 2.36. The van der Waals surface area contributed by atoms with Crippen molar-refractivity contribution in [3.63, 3.8) is 0 Å². The van der Waals surface area contributed by atoms with Gasteiger partial charge in [0.1, 0.15) is 18.9 Å². The minimum Gasteiger partial charge on any atom is -0.388 e. The van der Waals surface area contributed by atoms with Crippen LogP contribution < -0.4 is 11.3 Å². The third-order valence-electron chi connectivity index (χ3n) is 3.22. The molecule has 15 heteroatoms. The van der Waals surface area contributed by atoms with Crippen molar-refractivity contribution in [1.29, 1.82) is 0 Å². The molecular formula is C11H16ClFN5O7P. The quantitative estimate of drug-likeness (QED) is 0.258. The molecule has 0 aliphatic carbocycles. The number of alkyl halides is 2. The maximum absolute atomic E-state index is 12.8. The number of aromatic nitrogens is 4. The summed E-state index contributed by atoms with van der Waals surface area (Å²) in [5.41, 5.74) is 4.83. The van der Waals surface area contributed by atoms with E-state index >= 15 is 0 Å². The van der Waals surface area contributed by atoms with E-state index in [0.717, 1.165) is 0 Å². The Hall–Kier alpha value is -1.60. The first-order valence-electron chi connectivity index (χ1n) is 7.04. The average Bonchev–Trinajstić information content (AvgIpc) is 2.97. The Balaban J connectivity index is 2.31. The Morgan fingerprint density at radius 2 is 2.19 bits per heavy atom. The van der Waals surface area contributed by atoms with Crippen molar-refractivity contribution in [2.75, 3.05) is 24.9 Å². The number of nitrogens with one attached hydrogen (secondary N) is 1. The topological polar surface area (TPSA) is 186 Å². The molecule has 3 atom stereocenters. The number of aliphatic hydroxyl groups is 1. The number of phosphoric ester groups is 1. The summed E-state index contributed by atoms with van der Waals surface area (Å²) in [7, 11) is -4.87. The Bertz CT molecular complexity index is 857. The number of hydrogen-bond donors (Lipinski definition) is 5. The molecule has 0 saturated carbocycles. The number of halogens is 2. The number of fused-ring (bicyclic) bond motifs is 1. The minimum absolute atomic E-state index is 0.0151. The SMILES string of the molecule is Nc1nc2c(ncn2[C@@H](CCl)O[C@H](COP(=O)(O)O)[C@@H](O)CF)c(=O)[nH]1. The number of imidazole rings is 1. The Morgan fingerprint density at radius 3 is 2.77 bits per heavy atom. The second kappa shape index (κ2) is 8.39. The zero-order valence-electron chi connectivity index (χ0n) is 13.0. The van der Waals surface area contributed by atoms with Gasteiger partial charge in [0.2, 0.25) is 5.95 Å². The number of nitrogens with two attached hydrogens (primary N) is 1. The predicted octanol–water partition coefficient (Wildman–Crippen LogP) is -0.736. The van der Waals surface area contributed by atoms with E-state index in [1.165, 1.54) is 10.9 Å². The monoisotopic (exact) mass is 415 g/mol. The van der Waals surface area contributed by atoms with Crippen LogP contribution in [-0.2, 0) is 13.8 Å². The van der Waals surface area contributed by atoms with Gasteiger partial charge in [0.15, 0.2) is 17.4 Å². The summed E-state index contributed by atoms with van der Waals surface area (Å²) in [5, 5.41) is 9.67. The molecule has 12 nitrogen and oxygen atoms in total. The van der Waals surface area contributed by atoms with Gasteiger partial charge in [-0.25, -0.2) is 13.9 Å². The van der Waals surface area contributed by atoms with Gasteiger partial charge >= 0.3 is 7.82 Å². The highest BCUT2D eigenvalue weighted by atomic mass is 35.5. The van der Waals surface area contributed by atoms with E-state index in [1.54, 1.807) is 0 Å². The van der Waals surface area contributed by atoms with E-state index in [0.29, 0.717) is 0 Å². The zero-order chi connectivity index (χ0) is 19.5. The van der Waals surface area contributed by atoms with Crippen molar-refractivity contribution < 1.29 is 33.1 Å². The molecule has 2 aromatic rings. The summed E-state index contributed by atoms with van der Waals surface area (Å²) in [6.45, 7) is -2.08. The number of aliphatic hydroxyl groups excluding tert-OH is 1. The molecule has 0 unspecified atom stereocenters. The van der Waals surface area contributed by atoms with Crippen molar-refractivity contribution in [2.24, 2.45) is 0 Å². The molecule has 146 valence electrons. The van der Waals surface area contributed by atoms with Crippen molar-refractivity contribution >= 4 is 36.5 Å². The molecule has 0 aliphatic rings. The van der Waals surface area contributed by atoms with Crippen molar-refractivity contribution in [3.05, 3.63) is 16.7 Å². The smallest absolute Gasteiger partial charge is 0.388 e. The second-order valence-corrected chi connectivity index (χ2v) is 6.61. The lowest BCUT2D eigenvalue weighted by molar-refractivity contribution is -0.116. The van der Waals surface area contributed by atoms with E-state index in [2.05, 4.69) is 19.5 Å². The highest BCUT2D eigenvalue weighted by molar-refractivity contribution is 7.46. The standard InChI is InChI=1S/C11H16ClFN5O7P/c12-1-7(25-6(5(19)2-13)3-24-26(21,22)23)18-4-15-8-9(18)16-11(14)17-10(8)20/h4-7,19H,1-3H2,(H2,21,22,23)(H3,14,16,17,20)/t5-,6+,7+/m0/s1. The van der Waals surface area contributed by atoms with E-state index < -0.39 is 45.1 Å². The average molecular weight is 416 g/mol. The summed E-state index contributed by atoms with van der Waals surface area (Å²) < 4.78 is 34.5. The zero-order valence-corrected chi connectivity index (χ0v) is 14.7. The van der Waals surface area contributed by atoms with Crippen LogP contribution in [0.25, 0.3) is 11.2 Å². The molecule has 0 bridgehead atoms. The third-order valence-corrected chi connectivity index (χ3v) is 3.97. The molecule has 2 rings (SSSR count). The lowest BCUT2D eigenvalue weighted by Gasteiger charge is -2.26. The van der Waals surface area contributed by atoms with Crippen LogP contribution in [0.4, 0.5) is 10.3 Å². The minimum atomic E-state index is -4.87. The highest BCUT2D eigenvalue weighted by Gasteiger charge is 2.29. The first-order chi connectivity index (χ1) is 12.2. The fraction of sp³-hybridized carbons (Fsp3) is 0.545. The predicted molar refractivity (Wildman–Crippen MR) is 87.2 cm³/mol. The second-order valence-electron chi connectivity index (χ2n) is 5.07. The summed E-state index contributed by atoms with van der Waals surface area (Å²) in [4.78, 5) is 39.3. The van der Waals surface area contributed by atoms with Crippen LogP contribution in [0.1, 0.15) is 6.23 Å². The van der Waals surface area contributed by atoms with Gasteiger partial charge in [-0.15, -0.1) is 11.6 Å². The fourth-order valence-corrected chi connectivity index (χ4v) is 2.61. The van der Waals surface area contributed by atoms with Gasteiger partial charge in [-0.2, -0.15) is 4.98 Å². The largest absolute Gasteiger partial charge is 0.469 e. The van der Waals surface area contributed by atoms with Crippen molar-refractivity contribution in [2.45, 2.75) is 18.4 Å². The number of ether oxygens (including phenoxy) is 1. The van der Waals surface area contributed by atoms with Crippen LogP contribution in [0.5, 0.6) is 0 Å². The first-order valence-corrected chi connectivity index (χ1v) is 9.10. The lowest BCUT2D eigenvalue weighted by atomic mass is 10.2. The molecule has 26 heavy (non-hydrogen) atoms. The molecule has 0 saturated heterocycles. The molecule has 6 N–H and O–H groups in total. The maximum Gasteiger partial charge on any atom is 0.469 e. The van der Waals surface area contributed by atoms with Crippen molar-refractivity contribution in [1.82, 2.24) is 19.5 Å². The molecule has 0 fully saturated rings. The fourth-order valence-electron chi connectivity index (χ4n) is 2.04. The molecular weight excluding hydrogens is 400 g/mol. The van der Waals surface area contributed by atoms with E-state index in [-0.39, 0.29) is 23.0 Å². The van der Waals surface area contributed by atoms with E-state index in [9.17, 15) is 18.9 Å². The maximum atomic E-state index is 12.8. The Kier molecular flexibility index (Phi) is 6.69. The number of H-pyrrole nitrogens is 1. The van der Waals surface area contributed by atoms with Crippen LogP contribution in [0.3, 0.4) is 0 Å². The van der Waals surface area contributed by atoms with Gasteiger partial charge in [-0.1, -0.05) is 0 Å². The molecule has 0 radical (unpaired) electrons. The van der Waals surface area contributed by atoms with Gasteiger partial charge in [-0.3, -0.25) is 18.9 Å². The van der Waals surface area contributed by atoms with E-state index in [1.807, 2.05) is 0 Å². The summed E-state index contributed by atoms with van der Waals surface area (Å²) in [6, 6.07) is 0. The summed E-state index contributed by atoms with van der Waals surface area (Å²) in [5.74, 6) is -0.451. The molecule has 2 aromatic heterocycles. The lowest BCUT2D eigenvalue weighted by Crippen LogP contribution is -2.37. The number of anilines is 1. The Labute approximate surface area is 150 Å². The first kappa shape index (κ1) is 20.7. The van der Waals surface area contributed by atoms with Crippen LogP contribution in [0.2, 0.25) is 0 Å². The van der Waals surface area contributed by atoms with Crippen LogP contribution >= 0.6 is 19.4 Å². The van der Waals surface area contributed by atoms with Gasteiger partial charge < -0.3 is 25.4 Å². The number of phosphoric acid groups is 1. The summed E-state index contributed by atoms with van der Waals surface area (Å²) in [6.07, 6.45) is -3.18. The summed E-state index contributed by atoms with van der Waals surface area (Å²) >= 11 is 5.83. The van der Waals surface area contributed by atoms with Gasteiger partial charge in [0.05, 0.1) is 18.8 Å². The Morgan fingerprint density at radius 1 is 1.50 bits per heavy atom.